The maximum atomic E-state index is 11.0. The molecule has 0 saturated carbocycles. The fourth-order valence-corrected chi connectivity index (χ4v) is 1.20. The molecule has 0 unspecified atom stereocenters. The third-order valence-electron chi connectivity index (χ3n) is 1.11. The van der Waals surface area contributed by atoms with Crippen LogP contribution < -0.4 is 0 Å². The number of esters is 1. The Morgan fingerprint density at radius 1 is 1.82 bits per heavy atom. The van der Waals surface area contributed by atoms with E-state index >= 15 is 0 Å². The van der Waals surface area contributed by atoms with E-state index in [0.717, 1.165) is 4.88 Å². The second-order valence-electron chi connectivity index (χ2n) is 2.04. The minimum Gasteiger partial charge on any atom is -0.461 e. The van der Waals surface area contributed by atoms with Gasteiger partial charge < -0.3 is 4.74 Å². The number of aromatic nitrogens is 1. The van der Waals surface area contributed by atoms with Crippen LogP contribution in [0.25, 0.3) is 0 Å². The number of hydrogen-bond acceptors (Lipinski definition) is 4. The van der Waals surface area contributed by atoms with Gasteiger partial charge in [-0.15, -0.1) is 0 Å². The summed E-state index contributed by atoms with van der Waals surface area (Å²) in [5.41, 5.74) is 0.411. The molecule has 0 aliphatic rings. The van der Waals surface area contributed by atoms with Crippen LogP contribution in [0, 0.1) is 6.92 Å². The summed E-state index contributed by atoms with van der Waals surface area (Å²) in [6, 6.07) is 1.72. The van der Waals surface area contributed by atoms with Gasteiger partial charge in [0.05, 0.1) is 6.61 Å². The van der Waals surface area contributed by atoms with Crippen molar-refractivity contribution >= 4 is 17.5 Å². The minimum absolute atomic E-state index is 0.336. The van der Waals surface area contributed by atoms with Gasteiger partial charge in [0.25, 0.3) is 0 Å². The zero-order chi connectivity index (χ0) is 8.27. The maximum Gasteiger partial charge on any atom is 0.358 e. The molecule has 4 heteroatoms. The Kier molecular flexibility index (Phi) is 2.59. The van der Waals surface area contributed by atoms with Crippen molar-refractivity contribution in [3.8, 4) is 0 Å². The molecule has 1 aromatic heterocycles. The first-order valence-corrected chi connectivity index (χ1v) is 4.12. The predicted molar refractivity (Wildman–Crippen MR) is 42.8 cm³/mol. The van der Waals surface area contributed by atoms with Crippen molar-refractivity contribution < 1.29 is 9.53 Å². The molecule has 0 fully saturated rings. The van der Waals surface area contributed by atoms with E-state index in [1.807, 2.05) is 6.92 Å². The van der Waals surface area contributed by atoms with E-state index < -0.39 is 0 Å². The molecule has 0 N–H and O–H groups in total. The monoisotopic (exact) mass is 171 g/mol. The summed E-state index contributed by atoms with van der Waals surface area (Å²) >= 11 is 1.31. The minimum atomic E-state index is -0.336. The van der Waals surface area contributed by atoms with Crippen LogP contribution >= 0.6 is 11.5 Å². The Morgan fingerprint density at radius 3 is 3.00 bits per heavy atom. The molecule has 0 aliphatic heterocycles. The average Bonchev–Trinajstić information content (AvgIpc) is 2.36. The van der Waals surface area contributed by atoms with Gasteiger partial charge in [0.2, 0.25) is 0 Å². The van der Waals surface area contributed by atoms with Crippen LogP contribution in [0.15, 0.2) is 6.07 Å². The van der Waals surface area contributed by atoms with Gasteiger partial charge >= 0.3 is 5.97 Å². The zero-order valence-electron chi connectivity index (χ0n) is 6.46. The van der Waals surface area contributed by atoms with Gasteiger partial charge in [-0.2, -0.15) is 4.37 Å². The lowest BCUT2D eigenvalue weighted by Gasteiger charge is -1.94. The molecule has 1 heterocycles. The van der Waals surface area contributed by atoms with E-state index in [4.69, 9.17) is 4.74 Å². The number of aryl methyl sites for hydroxylation is 1. The van der Waals surface area contributed by atoms with Gasteiger partial charge in [0, 0.05) is 4.88 Å². The molecule has 0 saturated heterocycles. The molecule has 11 heavy (non-hydrogen) atoms. The van der Waals surface area contributed by atoms with Gasteiger partial charge in [0.15, 0.2) is 5.69 Å². The van der Waals surface area contributed by atoms with E-state index in [2.05, 4.69) is 4.37 Å². The average molecular weight is 171 g/mol. The van der Waals surface area contributed by atoms with Gasteiger partial charge in [0.1, 0.15) is 0 Å². The number of ether oxygens (including phenoxy) is 1. The summed E-state index contributed by atoms with van der Waals surface area (Å²) in [7, 11) is 0. The quantitative estimate of drug-likeness (QED) is 0.635. The molecule has 0 aromatic carbocycles. The highest BCUT2D eigenvalue weighted by Gasteiger charge is 2.08. The van der Waals surface area contributed by atoms with Crippen molar-refractivity contribution in [1.29, 1.82) is 0 Å². The molecule has 1 aromatic rings. The lowest BCUT2D eigenvalue weighted by molar-refractivity contribution is 0.0521. The molecule has 1 rings (SSSR count). The smallest absolute Gasteiger partial charge is 0.358 e. The molecule has 0 amide bonds. The van der Waals surface area contributed by atoms with E-state index in [9.17, 15) is 4.79 Å². The van der Waals surface area contributed by atoms with Gasteiger partial charge in [-0.05, 0) is 31.4 Å². The molecule has 3 nitrogen and oxygen atoms in total. The predicted octanol–water partition coefficient (Wildman–Crippen LogP) is 1.63. The van der Waals surface area contributed by atoms with Crippen LogP contribution in [0.3, 0.4) is 0 Å². The van der Waals surface area contributed by atoms with Gasteiger partial charge in [-0.25, -0.2) is 4.79 Å². The van der Waals surface area contributed by atoms with Crippen LogP contribution in [-0.4, -0.2) is 16.9 Å². The molecule has 0 aliphatic carbocycles. The molecular weight excluding hydrogens is 162 g/mol. The first-order valence-electron chi connectivity index (χ1n) is 3.34. The van der Waals surface area contributed by atoms with E-state index in [-0.39, 0.29) is 5.97 Å². The first kappa shape index (κ1) is 8.20. The van der Waals surface area contributed by atoms with E-state index in [1.54, 1.807) is 13.0 Å². The fourth-order valence-electron chi connectivity index (χ4n) is 0.668. The highest BCUT2D eigenvalue weighted by molar-refractivity contribution is 7.05. The number of nitrogens with zero attached hydrogens (tertiary/aromatic N) is 1. The van der Waals surface area contributed by atoms with Crippen molar-refractivity contribution in [2.75, 3.05) is 6.61 Å². The third kappa shape index (κ3) is 2.01. The standard InChI is InChI=1S/C7H9NO2S/c1-3-10-7(9)6-4-5(2)11-8-6/h4H,3H2,1-2H3. The van der Waals surface area contributed by atoms with Crippen molar-refractivity contribution in [3.63, 3.8) is 0 Å². The number of hydrogen-bond donors (Lipinski definition) is 0. The topological polar surface area (TPSA) is 39.2 Å². The Labute approximate surface area is 69.2 Å². The van der Waals surface area contributed by atoms with E-state index in [1.165, 1.54) is 11.5 Å². The number of rotatable bonds is 2. The summed E-state index contributed by atoms with van der Waals surface area (Å²) in [5.74, 6) is -0.336. The molecule has 0 radical (unpaired) electrons. The highest BCUT2D eigenvalue weighted by atomic mass is 32.1. The van der Waals surface area contributed by atoms with Gasteiger partial charge in [-0.3, -0.25) is 0 Å². The highest BCUT2D eigenvalue weighted by Crippen LogP contribution is 2.08. The first-order chi connectivity index (χ1) is 5.24. The van der Waals surface area contributed by atoms with Gasteiger partial charge in [-0.1, -0.05) is 0 Å². The van der Waals surface area contributed by atoms with Crippen LogP contribution in [0.4, 0.5) is 0 Å². The summed E-state index contributed by atoms with van der Waals surface area (Å²) in [6.07, 6.45) is 0. The summed E-state index contributed by atoms with van der Waals surface area (Å²) in [4.78, 5) is 12.0. The summed E-state index contributed by atoms with van der Waals surface area (Å²) < 4.78 is 8.65. The third-order valence-corrected chi connectivity index (χ3v) is 1.81. The van der Waals surface area contributed by atoms with Crippen LogP contribution in [0.5, 0.6) is 0 Å². The summed E-state index contributed by atoms with van der Waals surface area (Å²) in [6.45, 7) is 4.08. The molecule has 0 atom stereocenters. The van der Waals surface area contributed by atoms with Crippen molar-refractivity contribution in [2.24, 2.45) is 0 Å². The molecule has 0 spiro atoms. The number of carbonyl (C=O) groups is 1. The second kappa shape index (κ2) is 3.48. The SMILES string of the molecule is CCOC(=O)c1cc(C)sn1. The Hall–Kier alpha value is -0.900. The van der Waals surface area contributed by atoms with Crippen molar-refractivity contribution in [3.05, 3.63) is 16.6 Å². The lowest BCUT2D eigenvalue weighted by Crippen LogP contribution is -2.04. The molecular formula is C7H9NO2S. The Balaban J connectivity index is 2.69. The lowest BCUT2D eigenvalue weighted by atomic mass is 10.4. The van der Waals surface area contributed by atoms with Crippen LogP contribution in [0.1, 0.15) is 22.3 Å². The number of carbonyl (C=O) groups excluding carboxylic acids is 1. The Morgan fingerprint density at radius 2 is 2.55 bits per heavy atom. The van der Waals surface area contributed by atoms with Crippen molar-refractivity contribution in [1.82, 2.24) is 4.37 Å². The Bertz CT molecular complexity index is 257. The zero-order valence-corrected chi connectivity index (χ0v) is 7.27. The largest absolute Gasteiger partial charge is 0.461 e. The van der Waals surface area contributed by atoms with E-state index in [0.29, 0.717) is 12.3 Å². The normalized spacial score (nSPS) is 9.64. The van der Waals surface area contributed by atoms with Crippen LogP contribution in [0.2, 0.25) is 0 Å². The molecule has 0 bridgehead atoms. The summed E-state index contributed by atoms with van der Waals surface area (Å²) in [5, 5.41) is 0. The van der Waals surface area contributed by atoms with Crippen molar-refractivity contribution in [2.45, 2.75) is 13.8 Å². The molecule has 60 valence electrons. The second-order valence-corrected chi connectivity index (χ2v) is 3.05. The maximum absolute atomic E-state index is 11.0. The fraction of sp³-hybridized carbons (Fsp3) is 0.429. The van der Waals surface area contributed by atoms with Crippen LogP contribution in [-0.2, 0) is 4.74 Å².